The van der Waals surface area contributed by atoms with Crippen molar-refractivity contribution in [3.63, 3.8) is 0 Å². The van der Waals surface area contributed by atoms with E-state index in [0.717, 1.165) is 12.5 Å². The van der Waals surface area contributed by atoms with E-state index in [2.05, 4.69) is 4.98 Å². The van der Waals surface area contributed by atoms with E-state index in [1.165, 1.54) is 18.4 Å². The lowest BCUT2D eigenvalue weighted by atomic mass is 10.2. The van der Waals surface area contributed by atoms with E-state index in [1.54, 1.807) is 24.2 Å². The molecular weight excluding hydrogens is 220 g/mol. The summed E-state index contributed by atoms with van der Waals surface area (Å²) in [5, 5.41) is 0.219. The highest BCUT2D eigenvalue weighted by Gasteiger charge is 2.36. The predicted octanol–water partition coefficient (Wildman–Crippen LogP) is 2.07. The summed E-state index contributed by atoms with van der Waals surface area (Å²) in [6.45, 7) is 0.943. The van der Waals surface area contributed by atoms with E-state index in [1.807, 2.05) is 17.0 Å². The summed E-state index contributed by atoms with van der Waals surface area (Å²) in [6.07, 6.45) is 6.18. The Hall–Kier alpha value is -1.03. The van der Waals surface area contributed by atoms with Crippen LogP contribution in [0.15, 0.2) is 24.5 Å². The van der Waals surface area contributed by atoms with Crippen LogP contribution in [0.1, 0.15) is 23.8 Å². The van der Waals surface area contributed by atoms with Crippen LogP contribution in [0.2, 0.25) is 0 Å². The van der Waals surface area contributed by atoms with Crippen LogP contribution in [-0.4, -0.2) is 28.1 Å². The van der Waals surface area contributed by atoms with Gasteiger partial charge in [0, 0.05) is 18.9 Å². The third kappa shape index (κ3) is 1.94. The number of hydrogen-bond acceptors (Lipinski definition) is 3. The number of carbonyl (C=O) groups is 1. The van der Waals surface area contributed by atoms with Gasteiger partial charge < -0.3 is 4.90 Å². The second-order valence-electron chi connectivity index (χ2n) is 4.43. The first-order chi connectivity index (χ1) is 7.84. The molecular formula is C12H14N2OS. The lowest BCUT2D eigenvalue weighted by Crippen LogP contribution is -2.30. The fourth-order valence-corrected chi connectivity index (χ4v) is 3.23. The minimum atomic E-state index is 0.219. The molecule has 0 unspecified atom stereocenters. The molecule has 1 aliphatic heterocycles. The predicted molar refractivity (Wildman–Crippen MR) is 63.9 cm³/mol. The number of nitrogens with zero attached hydrogens (tertiary/aromatic N) is 2. The summed E-state index contributed by atoms with van der Waals surface area (Å²) >= 11 is 1.73. The number of carbonyl (C=O) groups excluding carboxylic acids is 1. The Balaban J connectivity index is 1.80. The number of rotatable bonds is 3. The van der Waals surface area contributed by atoms with Crippen molar-refractivity contribution in [1.82, 2.24) is 9.88 Å². The highest BCUT2D eigenvalue weighted by molar-refractivity contribution is 8.00. The number of amides is 1. The van der Waals surface area contributed by atoms with Crippen LogP contribution in [0.25, 0.3) is 0 Å². The maximum absolute atomic E-state index is 11.8. The summed E-state index contributed by atoms with van der Waals surface area (Å²) in [5.74, 6) is 1.67. The van der Waals surface area contributed by atoms with Crippen LogP contribution < -0.4 is 0 Å². The molecule has 3 nitrogen and oxygen atoms in total. The van der Waals surface area contributed by atoms with Crippen molar-refractivity contribution in [3.8, 4) is 0 Å². The molecule has 1 amide bonds. The maximum atomic E-state index is 11.8. The quantitative estimate of drug-likeness (QED) is 0.802. The van der Waals surface area contributed by atoms with E-state index in [0.29, 0.717) is 11.7 Å². The summed E-state index contributed by atoms with van der Waals surface area (Å²) in [7, 11) is 0. The van der Waals surface area contributed by atoms with Gasteiger partial charge in [0.2, 0.25) is 5.91 Å². The van der Waals surface area contributed by atoms with Gasteiger partial charge >= 0.3 is 0 Å². The largest absolute Gasteiger partial charge is 0.326 e. The summed E-state index contributed by atoms with van der Waals surface area (Å²) in [6, 6.07) is 4.02. The highest BCUT2D eigenvalue weighted by Crippen LogP contribution is 2.41. The van der Waals surface area contributed by atoms with Gasteiger partial charge in [-0.1, -0.05) is 0 Å². The maximum Gasteiger partial charge on any atom is 0.233 e. The average Bonchev–Trinajstić information content (AvgIpc) is 3.06. The molecule has 0 radical (unpaired) electrons. The standard InChI is InChI=1S/C12H14N2OS/c15-11-8-16-12(10-3-5-13-6-4-10)14(11)7-9-1-2-9/h3-6,9,12H,1-2,7-8H2/t12-/m0/s1. The molecule has 2 fully saturated rings. The van der Waals surface area contributed by atoms with Gasteiger partial charge in [0.1, 0.15) is 5.37 Å². The first kappa shape index (κ1) is 10.1. The van der Waals surface area contributed by atoms with E-state index in [-0.39, 0.29) is 5.37 Å². The van der Waals surface area contributed by atoms with E-state index in [9.17, 15) is 4.79 Å². The van der Waals surface area contributed by atoms with Crippen LogP contribution in [0.3, 0.4) is 0 Å². The average molecular weight is 234 g/mol. The van der Waals surface area contributed by atoms with Crippen LogP contribution >= 0.6 is 11.8 Å². The third-order valence-corrected chi connectivity index (χ3v) is 4.37. The molecule has 1 aromatic heterocycles. The molecule has 2 aliphatic rings. The van der Waals surface area contributed by atoms with Crippen molar-refractivity contribution in [2.45, 2.75) is 18.2 Å². The van der Waals surface area contributed by atoms with Gasteiger partial charge in [-0.3, -0.25) is 9.78 Å². The summed E-state index contributed by atoms with van der Waals surface area (Å²) in [5.41, 5.74) is 1.20. The molecule has 3 rings (SSSR count). The molecule has 4 heteroatoms. The van der Waals surface area contributed by atoms with Gasteiger partial charge in [0.25, 0.3) is 0 Å². The van der Waals surface area contributed by atoms with Crippen LogP contribution in [0, 0.1) is 5.92 Å². The molecule has 1 aliphatic carbocycles. The molecule has 16 heavy (non-hydrogen) atoms. The van der Waals surface area contributed by atoms with Crippen molar-refractivity contribution in [2.24, 2.45) is 5.92 Å². The fourth-order valence-electron chi connectivity index (χ4n) is 2.03. The molecule has 1 saturated heterocycles. The molecule has 0 spiro atoms. The monoisotopic (exact) mass is 234 g/mol. The minimum Gasteiger partial charge on any atom is -0.326 e. The van der Waals surface area contributed by atoms with Gasteiger partial charge in [-0.15, -0.1) is 11.8 Å². The van der Waals surface area contributed by atoms with E-state index >= 15 is 0 Å². The van der Waals surface area contributed by atoms with Crippen molar-refractivity contribution in [1.29, 1.82) is 0 Å². The Morgan fingerprint density at radius 2 is 2.12 bits per heavy atom. The Bertz CT molecular complexity index is 391. The Kier molecular flexibility index (Phi) is 2.59. The molecule has 1 saturated carbocycles. The van der Waals surface area contributed by atoms with Gasteiger partial charge in [-0.2, -0.15) is 0 Å². The van der Waals surface area contributed by atoms with Crippen LogP contribution in [0.5, 0.6) is 0 Å². The van der Waals surface area contributed by atoms with Crippen molar-refractivity contribution >= 4 is 17.7 Å². The van der Waals surface area contributed by atoms with Gasteiger partial charge in [-0.25, -0.2) is 0 Å². The van der Waals surface area contributed by atoms with Crippen LogP contribution in [-0.2, 0) is 4.79 Å². The molecule has 0 bridgehead atoms. The Labute approximate surface area is 99.2 Å². The Morgan fingerprint density at radius 1 is 1.38 bits per heavy atom. The topological polar surface area (TPSA) is 33.2 Å². The van der Waals surface area contributed by atoms with Crippen molar-refractivity contribution < 1.29 is 4.79 Å². The van der Waals surface area contributed by atoms with E-state index < -0.39 is 0 Å². The van der Waals surface area contributed by atoms with Gasteiger partial charge in [-0.05, 0) is 36.5 Å². The zero-order valence-electron chi connectivity index (χ0n) is 9.00. The number of hydrogen-bond donors (Lipinski definition) is 0. The fraction of sp³-hybridized carbons (Fsp3) is 0.500. The van der Waals surface area contributed by atoms with Crippen molar-refractivity contribution in [2.75, 3.05) is 12.3 Å². The SMILES string of the molecule is O=C1CS[C@@H](c2ccncc2)N1CC1CC1. The third-order valence-electron chi connectivity index (χ3n) is 3.11. The second kappa shape index (κ2) is 4.09. The molecule has 0 N–H and O–H groups in total. The number of pyridine rings is 1. The number of thioether (sulfide) groups is 1. The molecule has 84 valence electrons. The van der Waals surface area contributed by atoms with Gasteiger partial charge in [0.15, 0.2) is 0 Å². The zero-order chi connectivity index (χ0) is 11.0. The smallest absolute Gasteiger partial charge is 0.233 e. The zero-order valence-corrected chi connectivity index (χ0v) is 9.82. The van der Waals surface area contributed by atoms with Crippen LogP contribution in [0.4, 0.5) is 0 Å². The molecule has 1 atom stereocenters. The van der Waals surface area contributed by atoms with Crippen molar-refractivity contribution in [3.05, 3.63) is 30.1 Å². The normalized spacial score (nSPS) is 25.1. The highest BCUT2D eigenvalue weighted by atomic mass is 32.2. The summed E-state index contributed by atoms with van der Waals surface area (Å²) in [4.78, 5) is 17.9. The lowest BCUT2D eigenvalue weighted by Gasteiger charge is -2.23. The second-order valence-corrected chi connectivity index (χ2v) is 5.50. The van der Waals surface area contributed by atoms with Gasteiger partial charge in [0.05, 0.1) is 5.75 Å². The minimum absolute atomic E-state index is 0.219. The first-order valence-corrected chi connectivity index (χ1v) is 6.70. The summed E-state index contributed by atoms with van der Waals surface area (Å²) < 4.78 is 0. The molecule has 1 aromatic rings. The lowest BCUT2D eigenvalue weighted by molar-refractivity contribution is -0.128. The molecule has 2 heterocycles. The first-order valence-electron chi connectivity index (χ1n) is 5.65. The Morgan fingerprint density at radius 3 is 2.81 bits per heavy atom. The van der Waals surface area contributed by atoms with E-state index in [4.69, 9.17) is 0 Å². The molecule has 0 aromatic carbocycles. The number of aromatic nitrogens is 1.